The van der Waals surface area contributed by atoms with Crippen LogP contribution in [0, 0.1) is 13.8 Å². The zero-order valence-corrected chi connectivity index (χ0v) is 27.9. The first-order chi connectivity index (χ1) is 23.3. The molecule has 0 spiro atoms. The summed E-state index contributed by atoms with van der Waals surface area (Å²) in [6.07, 6.45) is -3.01. The molecular formula is C35H33F3N6O4S. The summed E-state index contributed by atoms with van der Waals surface area (Å²) in [7, 11) is 0. The van der Waals surface area contributed by atoms with E-state index >= 15 is 0 Å². The molecule has 2 fully saturated rings. The number of thioether (sulfide) groups is 1. The summed E-state index contributed by atoms with van der Waals surface area (Å²) in [6.45, 7) is 7.81. The van der Waals surface area contributed by atoms with Crippen LogP contribution >= 0.6 is 11.8 Å². The van der Waals surface area contributed by atoms with Crippen LogP contribution in [-0.4, -0.2) is 44.9 Å². The number of anilines is 3. The van der Waals surface area contributed by atoms with Crippen molar-refractivity contribution < 1.29 is 32.3 Å². The zero-order chi connectivity index (χ0) is 35.0. The second-order valence-corrected chi connectivity index (χ2v) is 13.1. The first-order valence-electron chi connectivity index (χ1n) is 15.6. The standard InChI is InChI=1S/C35H33F3N6O4S/c1-19(2)27-16-5-20(3)17-28(27)43-29(45)18-49-34(43)41-33(47)39-24-10-12-25(13-11-24)44-31(22-6-7-22)30(21(4)42-44)40-32(46)23-8-14-26(15-9-23)48-35(36,37)38/h5,8-17,19,22H,6-7,18H2,1-4H3,(H,39,47)(H,40,46). The summed E-state index contributed by atoms with van der Waals surface area (Å²) in [4.78, 5) is 44.8. The molecule has 1 aliphatic heterocycles. The summed E-state index contributed by atoms with van der Waals surface area (Å²) < 4.78 is 43.2. The van der Waals surface area contributed by atoms with Crippen LogP contribution in [-0.2, 0) is 4.79 Å². The molecule has 10 nitrogen and oxygen atoms in total. The summed E-state index contributed by atoms with van der Waals surface area (Å²) in [6, 6.07) is 17.0. The van der Waals surface area contributed by atoms with E-state index in [1.807, 2.05) is 39.0 Å². The van der Waals surface area contributed by atoms with Gasteiger partial charge in [0.15, 0.2) is 5.17 Å². The normalized spacial score (nSPS) is 15.6. The molecule has 0 bridgehead atoms. The highest BCUT2D eigenvalue weighted by atomic mass is 32.2. The van der Waals surface area contributed by atoms with Crippen LogP contribution in [0.2, 0.25) is 0 Å². The lowest BCUT2D eigenvalue weighted by atomic mass is 9.99. The Hall–Kier alpha value is -5.11. The Balaban J connectivity index is 1.18. The molecule has 2 N–H and O–H groups in total. The first kappa shape index (κ1) is 33.8. The number of rotatable bonds is 8. The molecule has 1 aliphatic carbocycles. The van der Waals surface area contributed by atoms with Gasteiger partial charge < -0.3 is 15.4 Å². The van der Waals surface area contributed by atoms with Crippen molar-refractivity contribution in [3.05, 3.63) is 94.8 Å². The third-order valence-corrected chi connectivity index (χ3v) is 8.95. The molecule has 2 aliphatic rings. The van der Waals surface area contributed by atoms with Gasteiger partial charge in [0.2, 0.25) is 5.91 Å². The fourth-order valence-electron chi connectivity index (χ4n) is 5.57. The van der Waals surface area contributed by atoms with Crippen LogP contribution in [0.25, 0.3) is 5.69 Å². The number of hydrogen-bond acceptors (Lipinski definition) is 6. The van der Waals surface area contributed by atoms with Gasteiger partial charge in [-0.2, -0.15) is 10.1 Å². The molecule has 1 saturated heterocycles. The zero-order valence-electron chi connectivity index (χ0n) is 27.1. The van der Waals surface area contributed by atoms with Crippen molar-refractivity contribution >= 4 is 51.8 Å². The number of carbonyl (C=O) groups is 3. The number of aromatic nitrogens is 2. The van der Waals surface area contributed by atoms with Gasteiger partial charge in [-0.15, -0.1) is 13.2 Å². The van der Waals surface area contributed by atoms with Gasteiger partial charge in [-0.05, 0) is 98.3 Å². The average molecular weight is 691 g/mol. The number of nitrogens with one attached hydrogen (secondary N) is 2. The second-order valence-electron chi connectivity index (χ2n) is 12.2. The number of ether oxygens (including phenoxy) is 1. The predicted molar refractivity (Wildman–Crippen MR) is 183 cm³/mol. The highest BCUT2D eigenvalue weighted by Gasteiger charge is 2.34. The fraction of sp³-hybridized carbons (Fsp3) is 0.286. The molecule has 1 saturated carbocycles. The van der Waals surface area contributed by atoms with E-state index in [0.717, 1.165) is 47.5 Å². The molecule has 0 unspecified atom stereocenters. The Morgan fingerprint density at radius 1 is 1.00 bits per heavy atom. The molecule has 0 radical (unpaired) electrons. The number of carbonyl (C=O) groups excluding carboxylic acids is 3. The molecule has 3 aromatic carbocycles. The second kappa shape index (κ2) is 13.4. The van der Waals surface area contributed by atoms with Gasteiger partial charge in [0.1, 0.15) is 5.75 Å². The fourth-order valence-corrected chi connectivity index (χ4v) is 6.42. The van der Waals surface area contributed by atoms with Crippen LogP contribution in [0.15, 0.2) is 71.7 Å². The smallest absolute Gasteiger partial charge is 0.406 e. The van der Waals surface area contributed by atoms with Crippen molar-refractivity contribution in [2.45, 2.75) is 58.7 Å². The van der Waals surface area contributed by atoms with E-state index in [0.29, 0.717) is 27.9 Å². The van der Waals surface area contributed by atoms with E-state index in [-0.39, 0.29) is 29.1 Å². The third-order valence-electron chi connectivity index (χ3n) is 8.02. The van der Waals surface area contributed by atoms with Gasteiger partial charge >= 0.3 is 12.4 Å². The minimum Gasteiger partial charge on any atom is -0.406 e. The van der Waals surface area contributed by atoms with Crippen molar-refractivity contribution in [1.29, 1.82) is 0 Å². The van der Waals surface area contributed by atoms with Crippen LogP contribution in [0.3, 0.4) is 0 Å². The largest absolute Gasteiger partial charge is 0.573 e. The van der Waals surface area contributed by atoms with E-state index in [1.54, 1.807) is 35.9 Å². The Labute approximate surface area is 284 Å². The molecule has 2 heterocycles. The van der Waals surface area contributed by atoms with Crippen molar-refractivity contribution in [1.82, 2.24) is 9.78 Å². The molecule has 6 rings (SSSR count). The van der Waals surface area contributed by atoms with Gasteiger partial charge in [0.05, 0.1) is 34.2 Å². The molecular weight excluding hydrogens is 657 g/mol. The molecule has 4 aromatic rings. The van der Waals surface area contributed by atoms with Crippen molar-refractivity contribution in [2.24, 2.45) is 4.99 Å². The molecule has 14 heteroatoms. The average Bonchev–Trinajstić information content (AvgIpc) is 3.74. The van der Waals surface area contributed by atoms with Crippen LogP contribution in [0.4, 0.5) is 35.0 Å². The van der Waals surface area contributed by atoms with Gasteiger partial charge in [-0.25, -0.2) is 9.48 Å². The lowest BCUT2D eigenvalue weighted by molar-refractivity contribution is -0.274. The monoisotopic (exact) mass is 690 g/mol. The number of alkyl halides is 3. The summed E-state index contributed by atoms with van der Waals surface area (Å²) in [5.74, 6) is -0.546. The lowest BCUT2D eigenvalue weighted by Crippen LogP contribution is -2.31. The van der Waals surface area contributed by atoms with Crippen LogP contribution < -0.4 is 20.3 Å². The number of hydrogen-bond donors (Lipinski definition) is 2. The minimum absolute atomic E-state index is 0.140. The number of amidine groups is 1. The minimum atomic E-state index is -4.83. The maximum atomic E-state index is 13.1. The highest BCUT2D eigenvalue weighted by molar-refractivity contribution is 8.15. The van der Waals surface area contributed by atoms with E-state index in [2.05, 4.69) is 25.5 Å². The van der Waals surface area contributed by atoms with E-state index in [1.165, 1.54) is 28.8 Å². The van der Waals surface area contributed by atoms with E-state index in [4.69, 9.17) is 0 Å². The number of nitrogens with zero attached hydrogens (tertiary/aromatic N) is 4. The first-order valence-corrected chi connectivity index (χ1v) is 16.6. The number of halogens is 3. The topological polar surface area (TPSA) is 118 Å². The summed E-state index contributed by atoms with van der Waals surface area (Å²) in [5.41, 5.74) is 5.98. The number of amides is 4. The highest BCUT2D eigenvalue weighted by Crippen LogP contribution is 2.45. The van der Waals surface area contributed by atoms with Gasteiger partial charge in [-0.1, -0.05) is 37.7 Å². The Bertz CT molecular complexity index is 1950. The molecule has 49 heavy (non-hydrogen) atoms. The van der Waals surface area contributed by atoms with E-state index in [9.17, 15) is 27.6 Å². The molecule has 1 aromatic heterocycles. The summed E-state index contributed by atoms with van der Waals surface area (Å²) >= 11 is 1.21. The Morgan fingerprint density at radius 3 is 2.33 bits per heavy atom. The Kier molecular flexibility index (Phi) is 9.25. The van der Waals surface area contributed by atoms with Crippen molar-refractivity contribution in [2.75, 3.05) is 21.3 Å². The maximum Gasteiger partial charge on any atom is 0.573 e. The quantitative estimate of drug-likeness (QED) is 0.192. The van der Waals surface area contributed by atoms with E-state index < -0.39 is 24.1 Å². The molecule has 254 valence electrons. The van der Waals surface area contributed by atoms with Gasteiger partial charge in [0, 0.05) is 17.2 Å². The number of benzene rings is 3. The van der Waals surface area contributed by atoms with Gasteiger partial charge in [-0.3, -0.25) is 14.5 Å². The SMILES string of the molecule is Cc1ccc(C(C)C)c(N2C(=O)CSC2=NC(=O)Nc2ccc(-n3nc(C)c(NC(=O)c4ccc(OC(F)(F)F)cc4)c3C3CC3)cc2)c1. The van der Waals surface area contributed by atoms with Crippen molar-refractivity contribution in [3.63, 3.8) is 0 Å². The summed E-state index contributed by atoms with van der Waals surface area (Å²) in [5, 5.41) is 10.7. The lowest BCUT2D eigenvalue weighted by Gasteiger charge is -2.22. The Morgan fingerprint density at radius 2 is 1.69 bits per heavy atom. The van der Waals surface area contributed by atoms with Crippen molar-refractivity contribution in [3.8, 4) is 11.4 Å². The predicted octanol–water partition coefficient (Wildman–Crippen LogP) is 8.31. The molecule has 4 amide bonds. The van der Waals surface area contributed by atoms with Crippen LogP contribution in [0.1, 0.15) is 71.4 Å². The van der Waals surface area contributed by atoms with Crippen LogP contribution in [0.5, 0.6) is 5.75 Å². The number of urea groups is 1. The third kappa shape index (κ3) is 7.64. The number of aryl methyl sites for hydroxylation is 2. The number of aliphatic imine (C=N–C) groups is 1. The van der Waals surface area contributed by atoms with Gasteiger partial charge in [0.25, 0.3) is 5.91 Å². The maximum absolute atomic E-state index is 13.1. The molecule has 0 atom stereocenters.